The van der Waals surface area contributed by atoms with Gasteiger partial charge in [0.15, 0.2) is 0 Å². The topological polar surface area (TPSA) is 103 Å². The van der Waals surface area contributed by atoms with Gasteiger partial charge in [0, 0.05) is 68.1 Å². The summed E-state index contributed by atoms with van der Waals surface area (Å²) in [5.41, 5.74) is 5.06. The lowest BCUT2D eigenvalue weighted by Crippen LogP contribution is -2.44. The van der Waals surface area contributed by atoms with E-state index in [1.54, 1.807) is 23.1 Å². The third-order valence-corrected chi connectivity index (χ3v) is 8.44. The fourth-order valence-electron chi connectivity index (χ4n) is 5.32. The molecule has 0 radical (unpaired) electrons. The lowest BCUT2D eigenvalue weighted by Gasteiger charge is -2.34. The van der Waals surface area contributed by atoms with Crippen molar-refractivity contribution >= 4 is 46.4 Å². The average Bonchev–Trinajstić information content (AvgIpc) is 3.05. The summed E-state index contributed by atoms with van der Waals surface area (Å²) in [5, 5.41) is 6.42. The molecule has 5 rings (SSSR count). The number of nitrogens with one attached hydrogen (secondary N) is 2. The number of benzene rings is 3. The van der Waals surface area contributed by atoms with Crippen LogP contribution in [0.5, 0.6) is 11.6 Å². The van der Waals surface area contributed by atoms with Crippen LogP contribution in [0.15, 0.2) is 66.9 Å². The molecule has 240 valence electrons. The molecule has 0 bridgehead atoms. The molecule has 0 aliphatic carbocycles. The minimum Gasteiger partial charge on any atom is -0.436 e. The third kappa shape index (κ3) is 7.58. The lowest BCUT2D eigenvalue weighted by atomic mass is 10.1. The summed E-state index contributed by atoms with van der Waals surface area (Å²) in [5.74, 6) is -0.0466. The van der Waals surface area contributed by atoms with Gasteiger partial charge in [-0.15, -0.1) is 0 Å². The van der Waals surface area contributed by atoms with Gasteiger partial charge in [0.1, 0.15) is 11.3 Å². The van der Waals surface area contributed by atoms with Crippen molar-refractivity contribution in [2.75, 3.05) is 61.8 Å². The molecule has 3 aromatic carbocycles. The number of carbonyl (C=O) groups excluding carboxylic acids is 2. The van der Waals surface area contributed by atoms with Crippen molar-refractivity contribution in [1.29, 1.82) is 0 Å². The quantitative estimate of drug-likeness (QED) is 0.196. The highest BCUT2D eigenvalue weighted by atomic mass is 35.5. The van der Waals surface area contributed by atoms with Crippen LogP contribution in [0, 0.1) is 13.8 Å². The number of anilines is 4. The van der Waals surface area contributed by atoms with E-state index in [2.05, 4.69) is 49.6 Å². The van der Waals surface area contributed by atoms with Gasteiger partial charge >= 0.3 is 0 Å². The van der Waals surface area contributed by atoms with Crippen LogP contribution >= 0.6 is 11.6 Å². The number of aryl methyl sites for hydroxylation is 2. The van der Waals surface area contributed by atoms with Gasteiger partial charge in [0.05, 0.1) is 5.02 Å². The predicted octanol–water partition coefficient (Wildman–Crippen LogP) is 6.77. The highest BCUT2D eigenvalue weighted by Gasteiger charge is 2.21. The molecular weight excluding hydrogens is 602 g/mol. The second-order valence-corrected chi connectivity index (χ2v) is 11.7. The Labute approximate surface area is 275 Å². The SMILES string of the molecule is CCN(CC)C(=O)c1ccc(Oc2nc(Nc3ccc(N4CCN(C)CC4)cc3)ncc2C(=O)Nc2c(C)cccc2C)c(Cl)c1. The highest BCUT2D eigenvalue weighted by Crippen LogP contribution is 2.33. The Morgan fingerprint density at radius 2 is 1.63 bits per heavy atom. The Bertz CT molecular complexity index is 1680. The van der Waals surface area contributed by atoms with E-state index < -0.39 is 5.91 Å². The van der Waals surface area contributed by atoms with Crippen molar-refractivity contribution in [3.8, 4) is 11.6 Å². The summed E-state index contributed by atoms with van der Waals surface area (Å²) in [4.78, 5) is 41.9. The Hall–Kier alpha value is -4.67. The van der Waals surface area contributed by atoms with Gasteiger partial charge < -0.3 is 30.1 Å². The smallest absolute Gasteiger partial charge is 0.262 e. The molecule has 4 aromatic rings. The first-order chi connectivity index (χ1) is 22.2. The number of ether oxygens (including phenoxy) is 1. The van der Waals surface area contributed by atoms with Crippen LogP contribution < -0.4 is 20.3 Å². The Morgan fingerprint density at radius 1 is 0.957 bits per heavy atom. The fraction of sp³-hybridized carbons (Fsp3) is 0.314. The monoisotopic (exact) mass is 641 g/mol. The normalized spacial score (nSPS) is 13.3. The van der Waals surface area contributed by atoms with Gasteiger partial charge in [-0.25, -0.2) is 4.98 Å². The largest absolute Gasteiger partial charge is 0.436 e. The first-order valence-electron chi connectivity index (χ1n) is 15.5. The molecule has 1 aliphatic rings. The molecule has 0 atom stereocenters. The number of hydrogen-bond donors (Lipinski definition) is 2. The number of nitrogens with zero attached hydrogens (tertiary/aromatic N) is 5. The van der Waals surface area contributed by atoms with Crippen molar-refractivity contribution in [2.24, 2.45) is 0 Å². The van der Waals surface area contributed by atoms with Crippen LogP contribution in [0.1, 0.15) is 45.7 Å². The molecule has 11 heteroatoms. The summed E-state index contributed by atoms with van der Waals surface area (Å²) in [6, 6.07) is 18.7. The van der Waals surface area contributed by atoms with Crippen molar-refractivity contribution < 1.29 is 14.3 Å². The summed E-state index contributed by atoms with van der Waals surface area (Å²) < 4.78 is 6.17. The number of amides is 2. The van der Waals surface area contributed by atoms with Gasteiger partial charge in [-0.3, -0.25) is 9.59 Å². The number of hydrogen-bond acceptors (Lipinski definition) is 8. The molecule has 0 unspecified atom stereocenters. The van der Waals surface area contributed by atoms with Gasteiger partial charge in [-0.05, 0) is 88.3 Å². The lowest BCUT2D eigenvalue weighted by molar-refractivity contribution is 0.0772. The number of rotatable bonds is 10. The van der Waals surface area contributed by atoms with Gasteiger partial charge in [-0.2, -0.15) is 4.98 Å². The summed E-state index contributed by atoms with van der Waals surface area (Å²) >= 11 is 6.61. The number of para-hydroxylation sites is 1. The van der Waals surface area contributed by atoms with Crippen LogP contribution in [-0.4, -0.2) is 77.9 Å². The number of aromatic nitrogens is 2. The van der Waals surface area contributed by atoms with Crippen molar-refractivity contribution in [3.63, 3.8) is 0 Å². The van der Waals surface area contributed by atoms with E-state index in [1.165, 1.54) is 6.20 Å². The second kappa shape index (κ2) is 14.6. The Morgan fingerprint density at radius 3 is 2.26 bits per heavy atom. The molecule has 10 nitrogen and oxygen atoms in total. The fourth-order valence-corrected chi connectivity index (χ4v) is 5.54. The zero-order valence-corrected chi connectivity index (χ0v) is 27.7. The maximum atomic E-state index is 13.6. The van der Waals surface area contributed by atoms with Crippen LogP contribution in [0.25, 0.3) is 0 Å². The zero-order chi connectivity index (χ0) is 32.8. The Balaban J connectivity index is 1.42. The zero-order valence-electron chi connectivity index (χ0n) is 26.9. The Kier molecular flexibility index (Phi) is 10.4. The first-order valence-corrected chi connectivity index (χ1v) is 15.9. The summed E-state index contributed by atoms with van der Waals surface area (Å²) in [7, 11) is 2.14. The molecule has 0 saturated carbocycles. The van der Waals surface area contributed by atoms with E-state index in [0.29, 0.717) is 24.3 Å². The van der Waals surface area contributed by atoms with E-state index in [-0.39, 0.29) is 34.1 Å². The molecule has 2 N–H and O–H groups in total. The number of piperazine rings is 1. The minimum absolute atomic E-state index is 0.0139. The number of carbonyl (C=O) groups is 2. The van der Waals surface area contributed by atoms with E-state index in [4.69, 9.17) is 16.3 Å². The molecule has 46 heavy (non-hydrogen) atoms. The van der Waals surface area contributed by atoms with Crippen LogP contribution in [0.2, 0.25) is 5.02 Å². The van der Waals surface area contributed by atoms with Crippen molar-refractivity contribution in [3.05, 3.63) is 94.1 Å². The highest BCUT2D eigenvalue weighted by molar-refractivity contribution is 6.32. The van der Waals surface area contributed by atoms with E-state index >= 15 is 0 Å². The van der Waals surface area contributed by atoms with Gasteiger partial charge in [-0.1, -0.05) is 29.8 Å². The van der Waals surface area contributed by atoms with E-state index in [1.807, 2.05) is 58.0 Å². The molecular formula is C35H40ClN7O3. The third-order valence-electron chi connectivity index (χ3n) is 8.15. The molecule has 1 saturated heterocycles. The number of halogens is 1. The van der Waals surface area contributed by atoms with Crippen molar-refractivity contribution in [1.82, 2.24) is 19.8 Å². The van der Waals surface area contributed by atoms with Crippen LogP contribution in [0.3, 0.4) is 0 Å². The minimum atomic E-state index is -0.431. The average molecular weight is 642 g/mol. The maximum absolute atomic E-state index is 13.6. The van der Waals surface area contributed by atoms with E-state index in [9.17, 15) is 9.59 Å². The van der Waals surface area contributed by atoms with Crippen molar-refractivity contribution in [2.45, 2.75) is 27.7 Å². The molecule has 1 aliphatic heterocycles. The summed E-state index contributed by atoms with van der Waals surface area (Å²) in [6.45, 7) is 12.9. The van der Waals surface area contributed by atoms with E-state index in [0.717, 1.165) is 48.7 Å². The summed E-state index contributed by atoms with van der Waals surface area (Å²) in [6.07, 6.45) is 1.43. The van der Waals surface area contributed by atoms with Crippen LogP contribution in [0.4, 0.5) is 23.0 Å². The van der Waals surface area contributed by atoms with Crippen LogP contribution in [-0.2, 0) is 0 Å². The number of likely N-dealkylation sites (N-methyl/N-ethyl adjacent to an activating group) is 1. The molecule has 1 aromatic heterocycles. The molecule has 2 heterocycles. The first kappa shape index (κ1) is 32.7. The molecule has 2 amide bonds. The van der Waals surface area contributed by atoms with Gasteiger partial charge in [0.2, 0.25) is 11.8 Å². The standard InChI is InChI=1S/C35H40ClN7O3/c1-6-42(7-2)34(45)25-11-16-30(29(36)21-25)46-33-28(32(44)39-31-23(3)9-8-10-24(31)4)22-37-35(40-33)38-26-12-14-27(15-13-26)43-19-17-41(5)18-20-43/h8-16,21-22H,6-7,17-20H2,1-5H3,(H,39,44)(H,37,38,40). The maximum Gasteiger partial charge on any atom is 0.262 e. The second-order valence-electron chi connectivity index (χ2n) is 11.3. The van der Waals surface area contributed by atoms with Gasteiger partial charge in [0.25, 0.3) is 11.8 Å². The predicted molar refractivity (Wildman–Crippen MR) is 184 cm³/mol. The molecule has 0 spiro atoms. The molecule has 1 fully saturated rings.